The fourth-order valence-electron chi connectivity index (χ4n) is 2.86. The van der Waals surface area contributed by atoms with Crippen molar-refractivity contribution in [2.75, 3.05) is 14.1 Å². The highest BCUT2D eigenvalue weighted by Crippen LogP contribution is 2.32. The molecule has 4 N–H and O–H groups in total. The smallest absolute Gasteiger partial charge is 0.0195 e. The third-order valence-corrected chi connectivity index (χ3v) is 4.22. The van der Waals surface area contributed by atoms with Crippen LogP contribution in [0.15, 0.2) is 0 Å². The first-order valence-corrected chi connectivity index (χ1v) is 8.73. The van der Waals surface area contributed by atoms with Crippen LogP contribution in [-0.4, -0.2) is 14.1 Å². The molecule has 0 aromatic carbocycles. The maximum Gasteiger partial charge on any atom is -0.0195 e. The SMILES string of the molecule is C1CCC1.CC1CC(C)C1.CC1CC(C)C1.CN.CN. The zero-order valence-corrected chi connectivity index (χ0v) is 15.1. The molecule has 2 nitrogen and oxygen atoms in total. The molecule has 0 aromatic rings. The highest BCUT2D eigenvalue weighted by Gasteiger charge is 2.20. The summed E-state index contributed by atoms with van der Waals surface area (Å²) in [4.78, 5) is 0. The van der Waals surface area contributed by atoms with Gasteiger partial charge in [0.15, 0.2) is 0 Å². The third kappa shape index (κ3) is 12.9. The van der Waals surface area contributed by atoms with Crippen LogP contribution in [0.3, 0.4) is 0 Å². The molecule has 0 aromatic heterocycles. The van der Waals surface area contributed by atoms with E-state index in [0.29, 0.717) is 0 Å². The average molecular weight is 287 g/mol. The van der Waals surface area contributed by atoms with E-state index in [0.717, 1.165) is 23.7 Å². The van der Waals surface area contributed by atoms with Crippen LogP contribution in [0.1, 0.15) is 79.1 Å². The monoisotopic (exact) mass is 286 g/mol. The van der Waals surface area contributed by atoms with E-state index >= 15 is 0 Å². The van der Waals surface area contributed by atoms with Crippen molar-refractivity contribution < 1.29 is 0 Å². The van der Waals surface area contributed by atoms with Crippen molar-refractivity contribution in [1.82, 2.24) is 0 Å². The minimum Gasteiger partial charge on any atom is -0.333 e. The summed E-state index contributed by atoms with van der Waals surface area (Å²) >= 11 is 0. The topological polar surface area (TPSA) is 52.0 Å². The van der Waals surface area contributed by atoms with Crippen molar-refractivity contribution in [3.63, 3.8) is 0 Å². The van der Waals surface area contributed by atoms with Crippen LogP contribution >= 0.6 is 0 Å². The second kappa shape index (κ2) is 15.3. The van der Waals surface area contributed by atoms with Crippen molar-refractivity contribution in [2.45, 2.75) is 79.1 Å². The lowest BCUT2D eigenvalue weighted by atomic mass is 9.78. The van der Waals surface area contributed by atoms with Crippen molar-refractivity contribution in [3.05, 3.63) is 0 Å². The van der Waals surface area contributed by atoms with Gasteiger partial charge >= 0.3 is 0 Å². The maximum atomic E-state index is 4.50. The van der Waals surface area contributed by atoms with Crippen LogP contribution in [0.25, 0.3) is 0 Å². The molecule has 0 spiro atoms. The van der Waals surface area contributed by atoms with Gasteiger partial charge in [-0.1, -0.05) is 53.4 Å². The molecule has 0 bridgehead atoms. The number of hydrogen-bond donors (Lipinski definition) is 2. The molecule has 0 heterocycles. The summed E-state index contributed by atoms with van der Waals surface area (Å²) in [6.07, 6.45) is 11.9. The average Bonchev–Trinajstić information content (AvgIpc) is 2.30. The Morgan fingerprint density at radius 2 is 0.600 bits per heavy atom. The van der Waals surface area contributed by atoms with Gasteiger partial charge in [-0.2, -0.15) is 0 Å². The molecule has 0 saturated heterocycles. The van der Waals surface area contributed by atoms with Gasteiger partial charge in [-0.05, 0) is 63.5 Å². The maximum absolute atomic E-state index is 4.50. The zero-order valence-electron chi connectivity index (χ0n) is 15.1. The Hall–Kier alpha value is -0.0800. The summed E-state index contributed by atoms with van der Waals surface area (Å²) in [5.41, 5.74) is 9.00. The Morgan fingerprint density at radius 3 is 0.600 bits per heavy atom. The van der Waals surface area contributed by atoms with E-state index in [-0.39, 0.29) is 0 Å². The number of nitrogens with two attached hydrogens (primary N) is 2. The molecular formula is C18H42N2. The van der Waals surface area contributed by atoms with Crippen LogP contribution < -0.4 is 11.5 Å². The normalized spacial score (nSPS) is 32.4. The molecule has 2 heteroatoms. The first-order chi connectivity index (χ1) is 9.58. The van der Waals surface area contributed by atoms with E-state index in [1.165, 1.54) is 65.5 Å². The van der Waals surface area contributed by atoms with E-state index in [1.54, 1.807) is 0 Å². The molecule has 20 heavy (non-hydrogen) atoms. The van der Waals surface area contributed by atoms with Gasteiger partial charge in [-0.3, -0.25) is 0 Å². The van der Waals surface area contributed by atoms with E-state index in [1.807, 2.05) is 0 Å². The predicted octanol–water partition coefficient (Wildman–Crippen LogP) is 4.82. The minimum absolute atomic E-state index is 1.04. The largest absolute Gasteiger partial charge is 0.333 e. The summed E-state index contributed by atoms with van der Waals surface area (Å²) in [7, 11) is 3.00. The summed E-state index contributed by atoms with van der Waals surface area (Å²) in [5.74, 6) is 4.17. The molecule has 0 atom stereocenters. The molecule has 3 saturated carbocycles. The first kappa shape index (κ1) is 22.2. The van der Waals surface area contributed by atoms with Gasteiger partial charge in [-0.25, -0.2) is 0 Å². The van der Waals surface area contributed by atoms with E-state index in [2.05, 4.69) is 39.2 Å². The molecule has 3 fully saturated rings. The van der Waals surface area contributed by atoms with Gasteiger partial charge in [-0.15, -0.1) is 0 Å². The Labute approximate surface area is 129 Å². The van der Waals surface area contributed by atoms with Crippen molar-refractivity contribution in [2.24, 2.45) is 35.1 Å². The molecule has 0 radical (unpaired) electrons. The van der Waals surface area contributed by atoms with Gasteiger partial charge in [0.1, 0.15) is 0 Å². The van der Waals surface area contributed by atoms with Crippen LogP contribution in [0.2, 0.25) is 0 Å². The fourth-order valence-corrected chi connectivity index (χ4v) is 2.86. The highest BCUT2D eigenvalue weighted by molar-refractivity contribution is 4.71. The Morgan fingerprint density at radius 1 is 0.450 bits per heavy atom. The lowest BCUT2D eigenvalue weighted by Gasteiger charge is -2.28. The van der Waals surface area contributed by atoms with Gasteiger partial charge in [0.05, 0.1) is 0 Å². The van der Waals surface area contributed by atoms with Crippen LogP contribution in [0.5, 0.6) is 0 Å². The number of rotatable bonds is 0. The third-order valence-electron chi connectivity index (χ3n) is 4.22. The highest BCUT2D eigenvalue weighted by atomic mass is 14.4. The quantitative estimate of drug-likeness (QED) is 0.671. The van der Waals surface area contributed by atoms with Gasteiger partial charge in [0, 0.05) is 0 Å². The second-order valence-electron chi connectivity index (χ2n) is 6.78. The molecular weight excluding hydrogens is 244 g/mol. The zero-order chi connectivity index (χ0) is 16.0. The summed E-state index contributed by atoms with van der Waals surface area (Å²) in [6.45, 7) is 9.28. The Bertz CT molecular complexity index is 134. The summed E-state index contributed by atoms with van der Waals surface area (Å²) in [5, 5.41) is 0. The van der Waals surface area contributed by atoms with Crippen molar-refractivity contribution in [3.8, 4) is 0 Å². The van der Waals surface area contributed by atoms with Crippen LogP contribution in [0.4, 0.5) is 0 Å². The molecule has 3 aliphatic carbocycles. The molecule has 124 valence electrons. The van der Waals surface area contributed by atoms with Crippen molar-refractivity contribution >= 4 is 0 Å². The van der Waals surface area contributed by atoms with Gasteiger partial charge in [0.25, 0.3) is 0 Å². The first-order valence-electron chi connectivity index (χ1n) is 8.73. The van der Waals surface area contributed by atoms with Gasteiger partial charge in [0.2, 0.25) is 0 Å². The molecule has 3 rings (SSSR count). The van der Waals surface area contributed by atoms with Crippen molar-refractivity contribution in [1.29, 1.82) is 0 Å². The molecule has 3 aliphatic rings. The number of hydrogen-bond acceptors (Lipinski definition) is 2. The predicted molar refractivity (Wildman–Crippen MR) is 93.8 cm³/mol. The summed E-state index contributed by atoms with van der Waals surface area (Å²) < 4.78 is 0. The van der Waals surface area contributed by atoms with Gasteiger partial charge < -0.3 is 11.5 Å². The standard InChI is InChI=1S/2C6H12.C4H8.2CH5N/c2*1-5-3-6(2)4-5;1-2-4-3-1;2*1-2/h2*5-6H,3-4H2,1-2H3;1-4H2;2*2H2,1H3. The summed E-state index contributed by atoms with van der Waals surface area (Å²) in [6, 6.07) is 0. The lowest BCUT2D eigenvalue weighted by molar-refractivity contribution is 0.233. The van der Waals surface area contributed by atoms with E-state index in [4.69, 9.17) is 0 Å². The molecule has 0 amide bonds. The van der Waals surface area contributed by atoms with Crippen LogP contribution in [-0.2, 0) is 0 Å². The van der Waals surface area contributed by atoms with E-state index in [9.17, 15) is 0 Å². The molecule has 0 unspecified atom stereocenters. The lowest BCUT2D eigenvalue weighted by Crippen LogP contribution is -2.16. The second-order valence-corrected chi connectivity index (χ2v) is 6.78. The minimum atomic E-state index is 1.04. The van der Waals surface area contributed by atoms with E-state index < -0.39 is 0 Å². The Balaban J connectivity index is 0. The Kier molecular flexibility index (Phi) is 17.0. The van der Waals surface area contributed by atoms with Crippen LogP contribution in [0, 0.1) is 23.7 Å². The molecule has 0 aliphatic heterocycles. The fraction of sp³-hybridized carbons (Fsp3) is 1.00.